The summed E-state index contributed by atoms with van der Waals surface area (Å²) in [6.07, 6.45) is 0. The second-order valence-electron chi connectivity index (χ2n) is 2.38. The molecule has 0 atom stereocenters. The van der Waals surface area contributed by atoms with Crippen molar-refractivity contribution in [2.24, 2.45) is 5.92 Å². The lowest BCUT2D eigenvalue weighted by Crippen LogP contribution is -1.89. The van der Waals surface area contributed by atoms with Gasteiger partial charge in [-0.2, -0.15) is 5.26 Å². The first-order valence-corrected chi connectivity index (χ1v) is 5.33. The maximum atomic E-state index is 8.72. The zero-order chi connectivity index (χ0) is 8.85. The van der Waals surface area contributed by atoms with Gasteiger partial charge in [-0.05, 0) is 11.7 Å². The van der Waals surface area contributed by atoms with E-state index in [1.807, 2.05) is 6.92 Å². The van der Waals surface area contributed by atoms with Gasteiger partial charge in [-0.3, -0.25) is 0 Å². The smallest absolute Gasteiger partial charge is 0.107 e. The van der Waals surface area contributed by atoms with Crippen LogP contribution in [0.1, 0.15) is 20.8 Å². The number of rotatable bonds is 3. The summed E-state index contributed by atoms with van der Waals surface area (Å²) in [5.41, 5.74) is 0. The normalized spacial score (nSPS) is 12.7. The molecule has 0 N–H and O–H groups in total. The first-order chi connectivity index (χ1) is 5.13. The van der Waals surface area contributed by atoms with E-state index in [1.165, 1.54) is 0 Å². The number of halogens is 1. The Hall–Kier alpha value is 0.0600. The fourth-order valence-electron chi connectivity index (χ4n) is 0.561. The van der Waals surface area contributed by atoms with Crippen molar-refractivity contribution in [1.29, 1.82) is 5.26 Å². The molecule has 0 aliphatic rings. The SMILES string of the molecule is CCS/C(C#N)=C(\Br)C(C)C. The highest BCUT2D eigenvalue weighted by atomic mass is 79.9. The van der Waals surface area contributed by atoms with E-state index in [9.17, 15) is 0 Å². The first kappa shape index (κ1) is 11.1. The first-order valence-electron chi connectivity index (χ1n) is 3.56. The molecule has 0 amide bonds. The summed E-state index contributed by atoms with van der Waals surface area (Å²) in [7, 11) is 0. The van der Waals surface area contributed by atoms with Gasteiger partial charge in [0.1, 0.15) is 6.07 Å². The van der Waals surface area contributed by atoms with Crippen molar-refractivity contribution in [3.8, 4) is 6.07 Å². The molecule has 0 bridgehead atoms. The Balaban J connectivity index is 4.44. The summed E-state index contributed by atoms with van der Waals surface area (Å²) in [5.74, 6) is 1.36. The van der Waals surface area contributed by atoms with Gasteiger partial charge in [-0.15, -0.1) is 11.8 Å². The number of hydrogen-bond acceptors (Lipinski definition) is 2. The Morgan fingerprint density at radius 2 is 2.18 bits per heavy atom. The standard InChI is InChI=1S/C8H12BrNS/c1-4-11-7(5-10)8(9)6(2)3/h6H,4H2,1-3H3/b8-7-. The minimum atomic E-state index is 0.406. The summed E-state index contributed by atoms with van der Waals surface area (Å²) in [6.45, 7) is 6.18. The monoisotopic (exact) mass is 233 g/mol. The Morgan fingerprint density at radius 1 is 1.64 bits per heavy atom. The predicted molar refractivity (Wildman–Crippen MR) is 54.5 cm³/mol. The molecule has 0 aromatic carbocycles. The molecule has 62 valence electrons. The molecule has 0 aromatic heterocycles. The van der Waals surface area contributed by atoms with Gasteiger partial charge >= 0.3 is 0 Å². The van der Waals surface area contributed by atoms with Crippen molar-refractivity contribution in [3.05, 3.63) is 9.39 Å². The van der Waals surface area contributed by atoms with Crippen LogP contribution in [-0.2, 0) is 0 Å². The highest BCUT2D eigenvalue weighted by Gasteiger charge is 2.06. The van der Waals surface area contributed by atoms with Crippen LogP contribution >= 0.6 is 27.7 Å². The number of allylic oxidation sites excluding steroid dienone is 2. The van der Waals surface area contributed by atoms with E-state index in [2.05, 4.69) is 35.8 Å². The largest absolute Gasteiger partial charge is 0.192 e. The highest BCUT2D eigenvalue weighted by Crippen LogP contribution is 2.28. The van der Waals surface area contributed by atoms with E-state index < -0.39 is 0 Å². The van der Waals surface area contributed by atoms with Crippen LogP contribution in [0.3, 0.4) is 0 Å². The minimum Gasteiger partial charge on any atom is -0.192 e. The van der Waals surface area contributed by atoms with Crippen LogP contribution in [0, 0.1) is 17.2 Å². The molecule has 0 rings (SSSR count). The van der Waals surface area contributed by atoms with E-state index in [0.29, 0.717) is 5.92 Å². The molecule has 0 spiro atoms. The van der Waals surface area contributed by atoms with Gasteiger partial charge in [-0.1, -0.05) is 36.7 Å². The van der Waals surface area contributed by atoms with Crippen LogP contribution in [0.2, 0.25) is 0 Å². The Kier molecular flexibility index (Phi) is 5.71. The van der Waals surface area contributed by atoms with Crippen molar-refractivity contribution in [3.63, 3.8) is 0 Å². The quantitative estimate of drug-likeness (QED) is 0.697. The van der Waals surface area contributed by atoms with Crippen LogP contribution in [0.5, 0.6) is 0 Å². The van der Waals surface area contributed by atoms with Crippen molar-refractivity contribution in [1.82, 2.24) is 0 Å². The molecule has 3 heteroatoms. The third-order valence-electron chi connectivity index (χ3n) is 1.11. The second-order valence-corrected chi connectivity index (χ2v) is 4.51. The average Bonchev–Trinajstić information content (AvgIpc) is 1.98. The molecule has 1 nitrogen and oxygen atoms in total. The summed E-state index contributed by atoms with van der Waals surface area (Å²) >= 11 is 4.99. The Bertz CT molecular complexity index is 191. The molecular formula is C8H12BrNS. The van der Waals surface area contributed by atoms with Crippen molar-refractivity contribution in [2.75, 3.05) is 5.75 Å². The predicted octanol–water partition coefficient (Wildman–Crippen LogP) is 3.53. The van der Waals surface area contributed by atoms with Crippen molar-refractivity contribution < 1.29 is 0 Å². The maximum Gasteiger partial charge on any atom is 0.107 e. The highest BCUT2D eigenvalue weighted by molar-refractivity contribution is 9.11. The summed E-state index contributed by atoms with van der Waals surface area (Å²) in [6, 6.07) is 2.18. The lowest BCUT2D eigenvalue weighted by molar-refractivity contribution is 0.819. The number of thioether (sulfide) groups is 1. The molecule has 0 unspecified atom stereocenters. The fourth-order valence-corrected chi connectivity index (χ4v) is 1.72. The Labute approximate surface area is 81.0 Å². The molecule has 0 aliphatic heterocycles. The third-order valence-corrected chi connectivity index (χ3v) is 3.58. The zero-order valence-electron chi connectivity index (χ0n) is 7.02. The molecule has 0 radical (unpaired) electrons. The van der Waals surface area contributed by atoms with Gasteiger partial charge in [-0.25, -0.2) is 0 Å². The molecular weight excluding hydrogens is 222 g/mol. The molecule has 0 saturated carbocycles. The summed E-state index contributed by atoms with van der Waals surface area (Å²) in [4.78, 5) is 0.808. The lowest BCUT2D eigenvalue weighted by atomic mass is 10.2. The van der Waals surface area contributed by atoms with E-state index >= 15 is 0 Å². The molecule has 0 aliphatic carbocycles. The number of nitrogens with zero attached hydrogens (tertiary/aromatic N) is 1. The van der Waals surface area contributed by atoms with Crippen molar-refractivity contribution in [2.45, 2.75) is 20.8 Å². The van der Waals surface area contributed by atoms with Gasteiger partial charge in [0.2, 0.25) is 0 Å². The van der Waals surface area contributed by atoms with Gasteiger partial charge in [0, 0.05) is 4.48 Å². The van der Waals surface area contributed by atoms with Crippen LogP contribution in [0.15, 0.2) is 9.39 Å². The van der Waals surface area contributed by atoms with E-state index in [4.69, 9.17) is 5.26 Å². The van der Waals surface area contributed by atoms with Crippen molar-refractivity contribution >= 4 is 27.7 Å². The van der Waals surface area contributed by atoms with Gasteiger partial charge in [0.15, 0.2) is 0 Å². The van der Waals surface area contributed by atoms with Crippen LogP contribution in [-0.4, -0.2) is 5.75 Å². The molecule has 0 fully saturated rings. The molecule has 11 heavy (non-hydrogen) atoms. The minimum absolute atomic E-state index is 0.406. The Morgan fingerprint density at radius 3 is 2.45 bits per heavy atom. The summed E-state index contributed by atoms with van der Waals surface area (Å²) < 4.78 is 1.02. The van der Waals surface area contributed by atoms with Gasteiger partial charge in [0.25, 0.3) is 0 Å². The maximum absolute atomic E-state index is 8.72. The van der Waals surface area contributed by atoms with Crippen LogP contribution in [0.4, 0.5) is 0 Å². The van der Waals surface area contributed by atoms with E-state index in [-0.39, 0.29) is 0 Å². The van der Waals surface area contributed by atoms with E-state index in [0.717, 1.165) is 15.1 Å². The number of hydrogen-bond donors (Lipinski definition) is 0. The third kappa shape index (κ3) is 3.83. The van der Waals surface area contributed by atoms with Gasteiger partial charge in [0.05, 0.1) is 4.91 Å². The van der Waals surface area contributed by atoms with E-state index in [1.54, 1.807) is 11.8 Å². The zero-order valence-corrected chi connectivity index (χ0v) is 9.42. The second kappa shape index (κ2) is 5.68. The topological polar surface area (TPSA) is 23.8 Å². The molecule has 0 saturated heterocycles. The lowest BCUT2D eigenvalue weighted by Gasteiger charge is -2.04. The fraction of sp³-hybridized carbons (Fsp3) is 0.625. The molecule has 0 aromatic rings. The summed E-state index contributed by atoms with van der Waals surface area (Å²) in [5, 5.41) is 8.72. The molecule has 0 heterocycles. The van der Waals surface area contributed by atoms with Gasteiger partial charge < -0.3 is 0 Å². The average molecular weight is 234 g/mol. The van der Waals surface area contributed by atoms with Crippen LogP contribution in [0.25, 0.3) is 0 Å². The number of nitriles is 1. The van der Waals surface area contributed by atoms with Crippen LogP contribution < -0.4 is 0 Å².